The predicted molar refractivity (Wildman–Crippen MR) is 109 cm³/mol. The molecule has 0 spiro atoms. The van der Waals surface area contributed by atoms with Crippen LogP contribution in [0.4, 0.5) is 5.69 Å². The summed E-state index contributed by atoms with van der Waals surface area (Å²) in [6, 6.07) is 17.5. The van der Waals surface area contributed by atoms with Gasteiger partial charge in [0.2, 0.25) is 0 Å². The van der Waals surface area contributed by atoms with E-state index >= 15 is 0 Å². The van der Waals surface area contributed by atoms with Crippen molar-refractivity contribution < 1.29 is 0 Å². The first-order valence-electron chi connectivity index (χ1n) is 8.04. The van der Waals surface area contributed by atoms with Crippen LogP contribution in [0.2, 0.25) is 0 Å². The third-order valence-corrected chi connectivity index (χ3v) is 8.09. The van der Waals surface area contributed by atoms with Gasteiger partial charge >= 0.3 is 0 Å². The van der Waals surface area contributed by atoms with E-state index in [0.29, 0.717) is 0 Å². The highest BCUT2D eigenvalue weighted by Gasteiger charge is 2.39. The molecule has 2 heterocycles. The number of rotatable bonds is 2. The van der Waals surface area contributed by atoms with Crippen molar-refractivity contribution in [2.24, 2.45) is 0 Å². The Morgan fingerprint density at radius 2 is 1.79 bits per heavy atom. The Morgan fingerprint density at radius 3 is 2.54 bits per heavy atom. The van der Waals surface area contributed by atoms with Crippen LogP contribution in [0.15, 0.2) is 48.5 Å². The van der Waals surface area contributed by atoms with E-state index in [2.05, 4.69) is 74.2 Å². The highest BCUT2D eigenvalue weighted by molar-refractivity contribution is 7.80. The van der Waals surface area contributed by atoms with Crippen molar-refractivity contribution in [3.05, 3.63) is 68.4 Å². The number of benzene rings is 2. The molecule has 0 aliphatic carbocycles. The van der Waals surface area contributed by atoms with Gasteiger partial charge in [0.1, 0.15) is 3.82 Å². The van der Waals surface area contributed by atoms with E-state index in [4.69, 9.17) is 12.2 Å². The van der Waals surface area contributed by atoms with Crippen LogP contribution in [0.3, 0.4) is 0 Å². The fraction of sp³-hybridized carbons (Fsp3) is 0.250. The van der Waals surface area contributed by atoms with Gasteiger partial charge in [0.05, 0.1) is 10.4 Å². The van der Waals surface area contributed by atoms with Crippen LogP contribution in [0.5, 0.6) is 0 Å². The number of nitrogens with zero attached hydrogens (tertiary/aromatic N) is 1. The first-order valence-corrected chi connectivity index (χ1v) is 10.6. The van der Waals surface area contributed by atoms with Gasteiger partial charge in [0.15, 0.2) is 0 Å². The minimum Gasteiger partial charge on any atom is -0.357 e. The number of anilines is 1. The molecule has 0 N–H and O–H groups in total. The lowest BCUT2D eigenvalue weighted by molar-refractivity contribution is 0.483. The van der Waals surface area contributed by atoms with Crippen LogP contribution in [0.1, 0.15) is 29.9 Å². The van der Waals surface area contributed by atoms with Crippen LogP contribution < -0.4 is 4.90 Å². The largest absolute Gasteiger partial charge is 0.357 e. The SMILES string of the molecule is Cc1ccc2c(c1)-c1c(ssc1=S)C(C)(C)N2Cc1ccccc1. The van der Waals surface area contributed by atoms with Crippen LogP contribution in [-0.2, 0) is 12.1 Å². The number of aryl methyl sites for hydroxylation is 1. The fourth-order valence-electron chi connectivity index (χ4n) is 3.45. The third-order valence-electron chi connectivity index (χ3n) is 4.76. The molecule has 1 nitrogen and oxygen atoms in total. The Kier molecular flexibility index (Phi) is 3.87. The van der Waals surface area contributed by atoms with E-state index in [1.165, 1.54) is 32.8 Å². The van der Waals surface area contributed by atoms with Crippen molar-refractivity contribution in [3.8, 4) is 11.1 Å². The van der Waals surface area contributed by atoms with Gasteiger partial charge in [-0.25, -0.2) is 0 Å². The second-order valence-electron chi connectivity index (χ2n) is 6.81. The van der Waals surface area contributed by atoms with Gasteiger partial charge in [-0.05, 0) is 38.5 Å². The molecule has 2 aromatic carbocycles. The Morgan fingerprint density at radius 1 is 1.04 bits per heavy atom. The second-order valence-corrected chi connectivity index (χ2v) is 9.63. The molecular weight excluding hydrogens is 350 g/mol. The zero-order chi connectivity index (χ0) is 16.9. The maximum Gasteiger partial charge on any atom is 0.110 e. The summed E-state index contributed by atoms with van der Waals surface area (Å²) < 4.78 is 1.02. The minimum absolute atomic E-state index is 0.0638. The zero-order valence-electron chi connectivity index (χ0n) is 14.0. The molecule has 122 valence electrons. The molecule has 0 fully saturated rings. The van der Waals surface area contributed by atoms with Gasteiger partial charge in [-0.2, -0.15) is 0 Å². The van der Waals surface area contributed by atoms with Gasteiger partial charge in [-0.1, -0.05) is 74.9 Å². The summed E-state index contributed by atoms with van der Waals surface area (Å²) in [5, 5.41) is 0. The van der Waals surface area contributed by atoms with Crippen LogP contribution in [0, 0.1) is 10.7 Å². The molecule has 24 heavy (non-hydrogen) atoms. The highest BCUT2D eigenvalue weighted by atomic mass is 32.9. The summed E-state index contributed by atoms with van der Waals surface area (Å²) in [6.07, 6.45) is 0. The van der Waals surface area contributed by atoms with Crippen LogP contribution in [0.25, 0.3) is 11.1 Å². The Hall–Kier alpha value is -1.49. The van der Waals surface area contributed by atoms with Gasteiger partial charge in [0.25, 0.3) is 0 Å². The second kappa shape index (κ2) is 5.80. The maximum absolute atomic E-state index is 5.67. The quantitative estimate of drug-likeness (QED) is 0.362. The van der Waals surface area contributed by atoms with Crippen LogP contribution >= 0.6 is 32.9 Å². The topological polar surface area (TPSA) is 3.24 Å². The van der Waals surface area contributed by atoms with E-state index < -0.39 is 0 Å². The molecule has 0 radical (unpaired) electrons. The molecule has 0 bridgehead atoms. The van der Waals surface area contributed by atoms with E-state index in [-0.39, 0.29) is 5.54 Å². The molecule has 3 aromatic rings. The van der Waals surface area contributed by atoms with Crippen LogP contribution in [-0.4, -0.2) is 0 Å². The van der Waals surface area contributed by atoms with Crippen molar-refractivity contribution in [2.75, 3.05) is 4.90 Å². The van der Waals surface area contributed by atoms with E-state index in [9.17, 15) is 0 Å². The predicted octanol–water partition coefficient (Wildman–Crippen LogP) is 6.77. The molecule has 0 saturated carbocycles. The average molecular weight is 370 g/mol. The summed E-state index contributed by atoms with van der Waals surface area (Å²) in [5.74, 6) is 0. The molecule has 1 aromatic heterocycles. The summed E-state index contributed by atoms with van der Waals surface area (Å²) in [7, 11) is 3.57. The maximum atomic E-state index is 5.67. The summed E-state index contributed by atoms with van der Waals surface area (Å²) >= 11 is 5.67. The number of hydrogen-bond acceptors (Lipinski definition) is 4. The van der Waals surface area contributed by atoms with Gasteiger partial charge in [-0.3, -0.25) is 0 Å². The Labute approximate surface area is 155 Å². The lowest BCUT2D eigenvalue weighted by Crippen LogP contribution is -2.43. The summed E-state index contributed by atoms with van der Waals surface area (Å²) in [4.78, 5) is 3.92. The van der Waals surface area contributed by atoms with Crippen molar-refractivity contribution >= 4 is 38.6 Å². The molecule has 4 heteroatoms. The molecule has 0 amide bonds. The summed E-state index contributed by atoms with van der Waals surface area (Å²) in [6.45, 7) is 7.68. The lowest BCUT2D eigenvalue weighted by Gasteiger charge is -2.44. The van der Waals surface area contributed by atoms with Crippen molar-refractivity contribution in [3.63, 3.8) is 0 Å². The van der Waals surface area contributed by atoms with Crippen molar-refractivity contribution in [1.29, 1.82) is 0 Å². The number of hydrogen-bond donors (Lipinski definition) is 0. The fourth-order valence-corrected chi connectivity index (χ4v) is 6.75. The molecule has 4 rings (SSSR count). The van der Waals surface area contributed by atoms with E-state index in [0.717, 1.165) is 10.4 Å². The highest BCUT2D eigenvalue weighted by Crippen LogP contribution is 2.52. The standard InChI is InChI=1S/C20H19NS3/c1-13-9-10-16-15(11-13)17-18(23-24-19(17)22)20(2,3)21(16)12-14-7-5-4-6-8-14/h4-11H,12H2,1-3H3. The molecule has 0 atom stereocenters. The third kappa shape index (κ3) is 2.44. The molecule has 1 aliphatic heterocycles. The smallest absolute Gasteiger partial charge is 0.110 e. The zero-order valence-corrected chi connectivity index (χ0v) is 16.4. The molecule has 1 aliphatic rings. The monoisotopic (exact) mass is 369 g/mol. The van der Waals surface area contributed by atoms with Crippen molar-refractivity contribution in [1.82, 2.24) is 0 Å². The molecular formula is C20H19NS3. The van der Waals surface area contributed by atoms with Gasteiger partial charge in [0, 0.05) is 23.4 Å². The number of fused-ring (bicyclic) bond motifs is 3. The molecule has 0 saturated heterocycles. The van der Waals surface area contributed by atoms with E-state index in [1.54, 1.807) is 10.3 Å². The first-order chi connectivity index (χ1) is 11.5. The Bertz CT molecular complexity index is 951. The summed E-state index contributed by atoms with van der Waals surface area (Å²) in [5.41, 5.74) is 6.42. The lowest BCUT2D eigenvalue weighted by atomic mass is 9.86. The van der Waals surface area contributed by atoms with E-state index in [1.807, 2.05) is 10.3 Å². The normalized spacial score (nSPS) is 15.0. The van der Waals surface area contributed by atoms with Gasteiger partial charge in [-0.15, -0.1) is 0 Å². The van der Waals surface area contributed by atoms with Gasteiger partial charge < -0.3 is 4.90 Å². The molecule has 0 unspecified atom stereocenters. The average Bonchev–Trinajstić information content (AvgIpc) is 2.96. The first kappa shape index (κ1) is 16.0. The Balaban J connectivity index is 1.93. The minimum atomic E-state index is -0.0638. The van der Waals surface area contributed by atoms with Crippen molar-refractivity contribution in [2.45, 2.75) is 32.9 Å².